The second-order valence-electron chi connectivity index (χ2n) is 8.54. The van der Waals surface area contributed by atoms with Crippen LogP contribution in [-0.2, 0) is 14.3 Å². The summed E-state index contributed by atoms with van der Waals surface area (Å²) in [6, 6.07) is 19.7. The van der Waals surface area contributed by atoms with Crippen molar-refractivity contribution in [2.75, 3.05) is 19.8 Å². The first kappa shape index (κ1) is 26.4. The van der Waals surface area contributed by atoms with Gasteiger partial charge in [-0.3, -0.25) is 4.79 Å². The lowest BCUT2D eigenvalue weighted by Crippen LogP contribution is -2.38. The minimum atomic E-state index is -0.535. The minimum absolute atomic E-state index is 0.0290. The molecule has 2 aromatic rings. The molecule has 33 heavy (non-hydrogen) atoms. The van der Waals surface area contributed by atoms with Crippen LogP contribution in [0.15, 0.2) is 60.7 Å². The number of carbonyl (C=O) groups excluding carboxylic acids is 2. The summed E-state index contributed by atoms with van der Waals surface area (Å²) >= 11 is 6.02. The second kappa shape index (κ2) is 13.0. The Labute approximate surface area is 202 Å². The Balaban J connectivity index is 0.000000411. The van der Waals surface area contributed by atoms with Crippen LogP contribution in [0.3, 0.4) is 0 Å². The monoisotopic (exact) mass is 469 g/mol. The third-order valence-corrected chi connectivity index (χ3v) is 5.98. The molecule has 2 saturated heterocycles. The van der Waals surface area contributed by atoms with E-state index < -0.39 is 6.09 Å². The summed E-state index contributed by atoms with van der Waals surface area (Å²) in [5.74, 6) is 0.167. The van der Waals surface area contributed by atoms with Gasteiger partial charge in [0.15, 0.2) is 0 Å². The number of halogens is 1. The fourth-order valence-corrected chi connectivity index (χ4v) is 4.32. The number of imide groups is 1. The van der Waals surface area contributed by atoms with Crippen LogP contribution in [0.5, 0.6) is 0 Å². The van der Waals surface area contributed by atoms with Gasteiger partial charge in [0, 0.05) is 18.1 Å². The quantitative estimate of drug-likeness (QED) is 0.520. The molecule has 0 radical (unpaired) electrons. The number of terminal acetylenes is 1. The molecule has 2 atom stereocenters. The van der Waals surface area contributed by atoms with Crippen molar-refractivity contribution < 1.29 is 19.1 Å². The van der Waals surface area contributed by atoms with Crippen molar-refractivity contribution >= 4 is 23.6 Å². The molecule has 0 spiro atoms. The van der Waals surface area contributed by atoms with Crippen molar-refractivity contribution in [2.24, 2.45) is 5.92 Å². The minimum Gasteiger partial charge on any atom is -0.447 e. The van der Waals surface area contributed by atoms with E-state index in [4.69, 9.17) is 21.1 Å². The third kappa shape index (κ3) is 8.24. The van der Waals surface area contributed by atoms with Crippen LogP contribution in [0.25, 0.3) is 0 Å². The number of hydrogen-bond donors (Lipinski definition) is 0. The van der Waals surface area contributed by atoms with E-state index in [0.29, 0.717) is 24.1 Å². The van der Waals surface area contributed by atoms with E-state index in [9.17, 15) is 9.59 Å². The lowest BCUT2D eigenvalue weighted by molar-refractivity contribution is -0.129. The van der Waals surface area contributed by atoms with Gasteiger partial charge in [0.05, 0.1) is 12.1 Å². The summed E-state index contributed by atoms with van der Waals surface area (Å²) in [4.78, 5) is 25.6. The first-order valence-corrected chi connectivity index (χ1v) is 11.4. The van der Waals surface area contributed by atoms with Crippen molar-refractivity contribution in [2.45, 2.75) is 44.6 Å². The van der Waals surface area contributed by atoms with E-state index in [2.05, 4.69) is 26.7 Å². The number of nitrogens with zero attached hydrogens (tertiary/aromatic N) is 1. The molecule has 5 nitrogen and oxygen atoms in total. The van der Waals surface area contributed by atoms with Crippen LogP contribution in [0.1, 0.15) is 44.6 Å². The summed E-state index contributed by atoms with van der Waals surface area (Å²) in [6.45, 7) is 5.46. The highest BCUT2D eigenvalue weighted by Crippen LogP contribution is 2.40. The molecule has 2 amide bonds. The van der Waals surface area contributed by atoms with Gasteiger partial charge in [0.2, 0.25) is 5.91 Å². The zero-order chi connectivity index (χ0) is 24.3. The maximum Gasteiger partial charge on any atom is 0.416 e. The first-order chi connectivity index (χ1) is 15.9. The van der Waals surface area contributed by atoms with Gasteiger partial charge in [0.1, 0.15) is 6.61 Å². The Bertz CT molecular complexity index is 869. The van der Waals surface area contributed by atoms with Crippen LogP contribution in [0.2, 0.25) is 5.02 Å². The molecular weight excluding hydrogens is 438 g/mol. The normalized spacial score (nSPS) is 19.7. The van der Waals surface area contributed by atoms with Crippen LogP contribution >= 0.6 is 11.6 Å². The number of rotatable bonds is 4. The molecule has 2 unspecified atom stereocenters. The van der Waals surface area contributed by atoms with Gasteiger partial charge < -0.3 is 9.47 Å². The van der Waals surface area contributed by atoms with Gasteiger partial charge >= 0.3 is 6.09 Å². The Morgan fingerprint density at radius 1 is 1.09 bits per heavy atom. The highest BCUT2D eigenvalue weighted by Gasteiger charge is 2.37. The average molecular weight is 470 g/mol. The summed E-state index contributed by atoms with van der Waals surface area (Å²) in [7, 11) is 0. The molecule has 0 aromatic heterocycles. The van der Waals surface area contributed by atoms with E-state index >= 15 is 0 Å². The number of ether oxygens (including phenoxy) is 2. The predicted octanol–water partition coefficient (Wildman–Crippen LogP) is 5.93. The Hall–Kier alpha value is -2.81. The zero-order valence-corrected chi connectivity index (χ0v) is 20.0. The number of benzene rings is 2. The van der Waals surface area contributed by atoms with Gasteiger partial charge in [0.25, 0.3) is 0 Å². The fourth-order valence-electron chi connectivity index (χ4n) is 4.19. The third-order valence-electron chi connectivity index (χ3n) is 5.73. The summed E-state index contributed by atoms with van der Waals surface area (Å²) in [5.41, 5.74) is 0.872. The zero-order valence-electron chi connectivity index (χ0n) is 19.3. The molecule has 176 valence electrons. The number of amides is 2. The molecule has 6 heteroatoms. The predicted molar refractivity (Wildman–Crippen MR) is 131 cm³/mol. The van der Waals surface area contributed by atoms with Gasteiger partial charge in [-0.05, 0) is 56.2 Å². The smallest absolute Gasteiger partial charge is 0.416 e. The summed E-state index contributed by atoms with van der Waals surface area (Å²) < 4.78 is 10.7. The molecule has 2 aliphatic rings. The molecule has 2 aromatic carbocycles. The van der Waals surface area contributed by atoms with E-state index in [1.165, 1.54) is 4.90 Å². The van der Waals surface area contributed by atoms with Crippen LogP contribution < -0.4 is 0 Å². The van der Waals surface area contributed by atoms with Crippen LogP contribution in [0, 0.1) is 18.8 Å². The molecule has 0 bridgehead atoms. The van der Waals surface area contributed by atoms with Gasteiger partial charge in [-0.25, -0.2) is 9.69 Å². The lowest BCUT2D eigenvalue weighted by atomic mass is 9.75. The van der Waals surface area contributed by atoms with E-state index in [0.717, 1.165) is 18.4 Å². The van der Waals surface area contributed by atoms with E-state index in [1.54, 1.807) is 0 Å². The Kier molecular flexibility index (Phi) is 10.4. The molecule has 0 N–H and O–H groups in total. The molecule has 0 aliphatic carbocycles. The van der Waals surface area contributed by atoms with Crippen LogP contribution in [-0.4, -0.2) is 42.3 Å². The van der Waals surface area contributed by atoms with Crippen molar-refractivity contribution in [3.8, 4) is 12.8 Å². The topological polar surface area (TPSA) is 55.8 Å². The van der Waals surface area contributed by atoms with Crippen molar-refractivity contribution in [3.63, 3.8) is 0 Å². The van der Waals surface area contributed by atoms with Crippen molar-refractivity contribution in [1.82, 2.24) is 4.90 Å². The SMILES string of the molecule is C#C.CC1(C)CC(C(CC(=O)N2CCOC2=O)c2ccc(Cl)cc2)CCO1.c1ccccc1. The standard InChI is InChI=1S/C19H24ClNO4.C6H6.C2H2/c1-19(2)12-14(7-9-25-19)16(13-3-5-15(20)6-4-13)11-17(22)21-8-10-24-18(21)23;1-2-4-6-5-3-1;1-2/h3-6,14,16H,7-12H2,1-2H3;1-6H;1-2H. The van der Waals surface area contributed by atoms with Crippen molar-refractivity contribution in [1.29, 1.82) is 0 Å². The summed E-state index contributed by atoms with van der Waals surface area (Å²) in [6.07, 6.45) is 9.52. The van der Waals surface area contributed by atoms with Crippen molar-refractivity contribution in [3.05, 3.63) is 71.2 Å². The summed E-state index contributed by atoms with van der Waals surface area (Å²) in [5, 5.41) is 0.671. The molecule has 2 fully saturated rings. The number of cyclic esters (lactones) is 1. The second-order valence-corrected chi connectivity index (χ2v) is 8.97. The molecule has 2 heterocycles. The fraction of sp³-hybridized carbons (Fsp3) is 0.407. The van der Waals surface area contributed by atoms with Gasteiger partial charge in [-0.15, -0.1) is 12.8 Å². The Morgan fingerprint density at radius 3 is 2.15 bits per heavy atom. The number of hydrogen-bond acceptors (Lipinski definition) is 4. The van der Waals surface area contributed by atoms with Gasteiger partial charge in [-0.2, -0.15) is 0 Å². The molecular formula is C27H32ClNO4. The number of carbonyl (C=O) groups is 2. The first-order valence-electron chi connectivity index (χ1n) is 11.1. The maximum absolute atomic E-state index is 12.7. The molecule has 0 saturated carbocycles. The molecule has 4 rings (SSSR count). The Morgan fingerprint density at radius 2 is 1.67 bits per heavy atom. The van der Waals surface area contributed by atoms with E-state index in [-0.39, 0.29) is 30.5 Å². The largest absolute Gasteiger partial charge is 0.447 e. The van der Waals surface area contributed by atoms with E-state index in [1.807, 2.05) is 60.7 Å². The lowest BCUT2D eigenvalue weighted by Gasteiger charge is -2.39. The van der Waals surface area contributed by atoms with Gasteiger partial charge in [-0.1, -0.05) is 60.1 Å². The van der Waals surface area contributed by atoms with Crippen LogP contribution in [0.4, 0.5) is 4.79 Å². The molecule has 2 aliphatic heterocycles. The average Bonchev–Trinajstić information content (AvgIpc) is 3.26. The maximum atomic E-state index is 12.7. The highest BCUT2D eigenvalue weighted by atomic mass is 35.5. The highest BCUT2D eigenvalue weighted by molar-refractivity contribution is 6.30.